The van der Waals surface area contributed by atoms with Crippen LogP contribution in [-0.4, -0.2) is 13.6 Å². The molecule has 0 aliphatic heterocycles. The van der Waals surface area contributed by atoms with E-state index < -0.39 is 0 Å². The van der Waals surface area contributed by atoms with Crippen LogP contribution in [0.1, 0.15) is 27.2 Å². The minimum atomic E-state index is 0. The molecule has 0 fully saturated rings. The molecule has 0 N–H and O–H groups in total. The molecule has 59 valence electrons. The summed E-state index contributed by atoms with van der Waals surface area (Å²) in [6.07, 6.45) is 1.20. The van der Waals surface area contributed by atoms with E-state index in [2.05, 4.69) is 26.1 Å². The van der Waals surface area contributed by atoms with E-state index in [1.54, 1.807) is 0 Å². The summed E-state index contributed by atoms with van der Waals surface area (Å²) in [6, 6.07) is 0. The molecule has 0 aromatic carbocycles. The third-order valence-electron chi connectivity index (χ3n) is 1.09. The molecule has 0 heterocycles. The van der Waals surface area contributed by atoms with Crippen molar-refractivity contribution in [3.8, 4) is 0 Å². The second-order valence-corrected chi connectivity index (χ2v) is 3.35. The minimum absolute atomic E-state index is 0. The van der Waals surface area contributed by atoms with Gasteiger partial charge in [0.05, 0.1) is 0 Å². The molecule has 0 amide bonds. The van der Waals surface area contributed by atoms with Gasteiger partial charge in [0.15, 0.2) is 0 Å². The first-order valence-electron chi connectivity index (χ1n) is 3.12. The Morgan fingerprint density at radius 2 is 1.67 bits per heavy atom. The molecule has 0 aliphatic rings. The first-order chi connectivity index (χ1) is 3.56. The van der Waals surface area contributed by atoms with Gasteiger partial charge in [-0.25, -0.2) is 0 Å². The van der Waals surface area contributed by atoms with Crippen molar-refractivity contribution in [1.29, 1.82) is 0 Å². The van der Waals surface area contributed by atoms with Crippen LogP contribution >= 0.6 is 0 Å². The molecule has 0 aromatic rings. The fourth-order valence-corrected chi connectivity index (χ4v) is 0.447. The maximum absolute atomic E-state index is 4.02. The van der Waals surface area contributed by atoms with Crippen LogP contribution in [0.5, 0.6) is 0 Å². The van der Waals surface area contributed by atoms with E-state index >= 15 is 0 Å². The summed E-state index contributed by atoms with van der Waals surface area (Å²) in [5, 5.41) is 4.02. The molecule has 1 radical (unpaired) electrons. The Morgan fingerprint density at radius 1 is 1.22 bits per heavy atom. The topological polar surface area (TPSA) is 14.1 Å². The van der Waals surface area contributed by atoms with Crippen LogP contribution in [0.2, 0.25) is 0 Å². The van der Waals surface area contributed by atoms with Gasteiger partial charge in [0.2, 0.25) is 0 Å². The van der Waals surface area contributed by atoms with Gasteiger partial charge in [0, 0.05) is 19.5 Å². The minimum Gasteiger partial charge on any atom is -0.665 e. The van der Waals surface area contributed by atoms with Gasteiger partial charge in [0.25, 0.3) is 0 Å². The van der Waals surface area contributed by atoms with E-state index in [0.717, 1.165) is 6.54 Å². The molecule has 0 unspecified atom stereocenters. The van der Waals surface area contributed by atoms with Gasteiger partial charge < -0.3 is 5.32 Å². The second-order valence-electron chi connectivity index (χ2n) is 3.35. The molecular formula is C7H16NRh-. The fraction of sp³-hybridized carbons (Fsp3) is 1.00. The van der Waals surface area contributed by atoms with Crippen molar-refractivity contribution in [2.45, 2.75) is 27.2 Å². The van der Waals surface area contributed by atoms with Crippen molar-refractivity contribution < 1.29 is 19.5 Å². The van der Waals surface area contributed by atoms with Crippen molar-refractivity contribution in [3.63, 3.8) is 0 Å². The van der Waals surface area contributed by atoms with Gasteiger partial charge in [-0.15, -0.1) is 6.54 Å². The molecular weight excluding hydrogens is 201 g/mol. The third-order valence-corrected chi connectivity index (χ3v) is 1.09. The summed E-state index contributed by atoms with van der Waals surface area (Å²) in [6.45, 7) is 7.71. The van der Waals surface area contributed by atoms with Crippen LogP contribution in [0, 0.1) is 5.41 Å². The van der Waals surface area contributed by atoms with Crippen LogP contribution in [0.15, 0.2) is 0 Å². The first-order valence-corrected chi connectivity index (χ1v) is 3.12. The van der Waals surface area contributed by atoms with Gasteiger partial charge in [0.1, 0.15) is 0 Å². The van der Waals surface area contributed by atoms with Crippen LogP contribution in [0.4, 0.5) is 0 Å². The first kappa shape index (κ1) is 12.3. The monoisotopic (exact) mass is 217 g/mol. The van der Waals surface area contributed by atoms with Gasteiger partial charge in [-0.05, 0) is 5.41 Å². The zero-order valence-corrected chi connectivity index (χ0v) is 8.33. The van der Waals surface area contributed by atoms with E-state index in [1.807, 2.05) is 7.05 Å². The summed E-state index contributed by atoms with van der Waals surface area (Å²) >= 11 is 0. The van der Waals surface area contributed by atoms with Crippen molar-refractivity contribution in [2.75, 3.05) is 13.6 Å². The van der Waals surface area contributed by atoms with E-state index in [-0.39, 0.29) is 19.5 Å². The number of hydrogen-bond donors (Lipinski definition) is 0. The smallest absolute Gasteiger partial charge is 0 e. The van der Waals surface area contributed by atoms with E-state index in [0.29, 0.717) is 5.41 Å². The molecule has 0 spiro atoms. The summed E-state index contributed by atoms with van der Waals surface area (Å²) in [5.41, 5.74) is 0.458. The zero-order chi connectivity index (χ0) is 6.62. The van der Waals surface area contributed by atoms with E-state index in [9.17, 15) is 0 Å². The average Bonchev–Trinajstić information content (AvgIpc) is 1.59. The maximum atomic E-state index is 4.02. The molecule has 0 rings (SSSR count). The Bertz CT molecular complexity index is 56.4. The SMILES string of the molecule is C[N-]CCC(C)(C)C.[Rh]. The Balaban J connectivity index is 0. The molecule has 1 nitrogen and oxygen atoms in total. The van der Waals surface area contributed by atoms with E-state index in [4.69, 9.17) is 0 Å². The van der Waals surface area contributed by atoms with Crippen molar-refractivity contribution >= 4 is 0 Å². The fourth-order valence-electron chi connectivity index (χ4n) is 0.447. The number of rotatable bonds is 2. The predicted octanol–water partition coefficient (Wildman–Crippen LogP) is 2.42. The maximum Gasteiger partial charge on any atom is 0 e. The normalized spacial score (nSPS) is 10.7. The van der Waals surface area contributed by atoms with Crippen LogP contribution in [-0.2, 0) is 19.5 Å². The quantitative estimate of drug-likeness (QED) is 0.630. The Morgan fingerprint density at radius 3 is 1.78 bits per heavy atom. The third kappa shape index (κ3) is 11.9. The van der Waals surface area contributed by atoms with Crippen LogP contribution in [0.25, 0.3) is 5.32 Å². The summed E-state index contributed by atoms with van der Waals surface area (Å²) in [5.74, 6) is 0. The summed E-state index contributed by atoms with van der Waals surface area (Å²) in [7, 11) is 1.87. The summed E-state index contributed by atoms with van der Waals surface area (Å²) < 4.78 is 0. The number of hydrogen-bond acceptors (Lipinski definition) is 0. The van der Waals surface area contributed by atoms with Gasteiger partial charge in [-0.2, -0.15) is 7.05 Å². The van der Waals surface area contributed by atoms with Crippen LogP contribution < -0.4 is 0 Å². The molecule has 9 heavy (non-hydrogen) atoms. The Kier molecular flexibility index (Phi) is 7.33. The van der Waals surface area contributed by atoms with E-state index in [1.165, 1.54) is 6.42 Å². The summed E-state index contributed by atoms with van der Waals surface area (Å²) in [4.78, 5) is 0. The van der Waals surface area contributed by atoms with Crippen molar-refractivity contribution in [3.05, 3.63) is 5.32 Å². The molecule has 0 saturated heterocycles. The average molecular weight is 217 g/mol. The molecule has 0 saturated carbocycles. The number of nitrogens with zero attached hydrogens (tertiary/aromatic N) is 1. The second kappa shape index (κ2) is 5.37. The predicted molar refractivity (Wildman–Crippen MR) is 38.2 cm³/mol. The van der Waals surface area contributed by atoms with Gasteiger partial charge in [-0.1, -0.05) is 27.2 Å². The standard InChI is InChI=1S/C7H16N.Rh/c1-7(2,3)5-6-8-4;/h5-6H2,1-4H3;/q-1;. The van der Waals surface area contributed by atoms with Crippen molar-refractivity contribution in [2.24, 2.45) is 5.41 Å². The molecule has 0 aliphatic carbocycles. The largest absolute Gasteiger partial charge is 0.665 e. The molecule has 0 aromatic heterocycles. The van der Waals surface area contributed by atoms with Gasteiger partial charge >= 0.3 is 0 Å². The van der Waals surface area contributed by atoms with Gasteiger partial charge in [-0.3, -0.25) is 0 Å². The van der Waals surface area contributed by atoms with Crippen LogP contribution in [0.3, 0.4) is 0 Å². The van der Waals surface area contributed by atoms with Crippen molar-refractivity contribution in [1.82, 2.24) is 0 Å². The molecule has 0 atom stereocenters. The zero-order valence-electron chi connectivity index (χ0n) is 6.69. The molecule has 2 heteroatoms. The Hall–Kier alpha value is 0.583. The Labute approximate surface area is 71.4 Å². The molecule has 0 bridgehead atoms.